The van der Waals surface area contributed by atoms with E-state index in [1.54, 1.807) is 18.3 Å². The Labute approximate surface area is 211 Å². The molecule has 0 aliphatic rings. The summed E-state index contributed by atoms with van der Waals surface area (Å²) in [7, 11) is 0. The fourth-order valence-corrected chi connectivity index (χ4v) is 3.83. The molecule has 4 aromatic rings. The number of amides is 1. The Morgan fingerprint density at radius 1 is 0.971 bits per heavy atom. The van der Waals surface area contributed by atoms with Crippen molar-refractivity contribution in [1.29, 1.82) is 0 Å². The molecule has 0 bridgehead atoms. The third-order valence-corrected chi connectivity index (χ3v) is 5.90. The average Bonchev–Trinajstić information content (AvgIpc) is 2.81. The molecule has 0 saturated carbocycles. The van der Waals surface area contributed by atoms with Crippen molar-refractivity contribution in [2.24, 2.45) is 0 Å². The standard InChI is InChI=1S/C24H15ClF3IN4O/c25-20-8-7-15(23(34)33-18-6-2-4-16(11-18)24(26,27)28)10-19(20)14-3-1-5-17(9-14)32-22-21(29)12-30-13-31-22/h1-13H,(H,33,34)(H,30,31,32). The van der Waals surface area contributed by atoms with E-state index in [0.717, 1.165) is 27.0 Å². The summed E-state index contributed by atoms with van der Waals surface area (Å²) >= 11 is 8.53. The van der Waals surface area contributed by atoms with Gasteiger partial charge in [0.1, 0.15) is 12.1 Å². The van der Waals surface area contributed by atoms with E-state index in [-0.39, 0.29) is 11.3 Å². The Bertz CT molecular complexity index is 1360. The van der Waals surface area contributed by atoms with Gasteiger partial charge in [-0.1, -0.05) is 29.8 Å². The molecule has 1 heterocycles. The number of rotatable bonds is 5. The van der Waals surface area contributed by atoms with Crippen LogP contribution >= 0.6 is 34.2 Å². The fraction of sp³-hybridized carbons (Fsp3) is 0.0417. The molecule has 0 atom stereocenters. The van der Waals surface area contributed by atoms with Gasteiger partial charge in [-0.3, -0.25) is 4.79 Å². The molecule has 0 aliphatic heterocycles. The van der Waals surface area contributed by atoms with E-state index in [1.165, 1.54) is 24.5 Å². The van der Waals surface area contributed by atoms with Gasteiger partial charge in [-0.25, -0.2) is 9.97 Å². The second kappa shape index (κ2) is 9.98. The van der Waals surface area contributed by atoms with E-state index in [0.29, 0.717) is 16.4 Å². The Morgan fingerprint density at radius 2 is 1.74 bits per heavy atom. The van der Waals surface area contributed by atoms with Crippen molar-refractivity contribution >= 4 is 57.3 Å². The number of carbonyl (C=O) groups excluding carboxylic acids is 1. The lowest BCUT2D eigenvalue weighted by molar-refractivity contribution is -0.137. The van der Waals surface area contributed by atoms with Crippen LogP contribution < -0.4 is 10.6 Å². The first-order chi connectivity index (χ1) is 16.2. The third-order valence-electron chi connectivity index (χ3n) is 4.78. The van der Waals surface area contributed by atoms with Gasteiger partial charge >= 0.3 is 6.18 Å². The highest BCUT2D eigenvalue weighted by Crippen LogP contribution is 2.33. The van der Waals surface area contributed by atoms with Crippen molar-refractivity contribution in [2.75, 3.05) is 10.6 Å². The van der Waals surface area contributed by atoms with Gasteiger partial charge in [0.15, 0.2) is 0 Å². The summed E-state index contributed by atoms with van der Waals surface area (Å²) in [6, 6.07) is 16.5. The molecule has 5 nitrogen and oxygen atoms in total. The van der Waals surface area contributed by atoms with Crippen LogP contribution in [0.4, 0.5) is 30.4 Å². The number of benzene rings is 3. The molecule has 172 valence electrons. The Hall–Kier alpha value is -3.18. The summed E-state index contributed by atoms with van der Waals surface area (Å²) in [4.78, 5) is 20.9. The smallest absolute Gasteiger partial charge is 0.339 e. The van der Waals surface area contributed by atoms with E-state index < -0.39 is 17.6 Å². The first kappa shape index (κ1) is 24.0. The molecule has 1 aromatic heterocycles. The molecule has 2 N–H and O–H groups in total. The summed E-state index contributed by atoms with van der Waals surface area (Å²) < 4.78 is 39.7. The molecular weight excluding hydrogens is 580 g/mol. The summed E-state index contributed by atoms with van der Waals surface area (Å²) in [6.07, 6.45) is -1.38. The van der Waals surface area contributed by atoms with Gasteiger partial charge < -0.3 is 10.6 Å². The van der Waals surface area contributed by atoms with Gasteiger partial charge in [-0.15, -0.1) is 0 Å². The SMILES string of the molecule is O=C(Nc1cccc(C(F)(F)F)c1)c1ccc(Cl)c(-c2cccc(Nc3ncncc3I)c2)c1. The molecule has 0 aliphatic carbocycles. The van der Waals surface area contributed by atoms with E-state index in [9.17, 15) is 18.0 Å². The second-order valence-electron chi connectivity index (χ2n) is 7.15. The van der Waals surface area contributed by atoms with Gasteiger partial charge in [0.2, 0.25) is 0 Å². The molecule has 0 unspecified atom stereocenters. The zero-order valence-electron chi connectivity index (χ0n) is 17.2. The minimum absolute atomic E-state index is 0.0435. The van der Waals surface area contributed by atoms with Crippen LogP contribution in [-0.2, 0) is 6.18 Å². The highest BCUT2D eigenvalue weighted by atomic mass is 127. The zero-order chi connectivity index (χ0) is 24.3. The highest BCUT2D eigenvalue weighted by molar-refractivity contribution is 14.1. The van der Waals surface area contributed by atoms with Crippen molar-refractivity contribution in [2.45, 2.75) is 6.18 Å². The third kappa shape index (κ3) is 5.65. The van der Waals surface area contributed by atoms with Gasteiger partial charge in [0.05, 0.1) is 9.13 Å². The summed E-state index contributed by atoms with van der Waals surface area (Å²) in [6.45, 7) is 0. The Kier molecular flexibility index (Phi) is 7.03. The molecule has 1 amide bonds. The minimum atomic E-state index is -4.50. The van der Waals surface area contributed by atoms with Gasteiger partial charge in [-0.2, -0.15) is 13.2 Å². The predicted molar refractivity (Wildman–Crippen MR) is 134 cm³/mol. The molecule has 10 heteroatoms. The molecule has 4 rings (SSSR count). The number of hydrogen-bond acceptors (Lipinski definition) is 4. The van der Waals surface area contributed by atoms with E-state index >= 15 is 0 Å². The van der Waals surface area contributed by atoms with Crippen LogP contribution in [0, 0.1) is 3.57 Å². The van der Waals surface area contributed by atoms with Crippen molar-refractivity contribution in [3.8, 4) is 11.1 Å². The largest absolute Gasteiger partial charge is 0.416 e. The molecule has 0 radical (unpaired) electrons. The first-order valence-corrected chi connectivity index (χ1v) is 11.3. The van der Waals surface area contributed by atoms with Crippen molar-refractivity contribution in [3.63, 3.8) is 0 Å². The summed E-state index contributed by atoms with van der Waals surface area (Å²) in [5, 5.41) is 6.15. The number of carbonyl (C=O) groups is 1. The van der Waals surface area contributed by atoms with Crippen LogP contribution in [0.5, 0.6) is 0 Å². The number of hydrogen-bond donors (Lipinski definition) is 2. The Balaban J connectivity index is 1.59. The molecular formula is C24H15ClF3IN4O. The van der Waals surface area contributed by atoms with E-state index in [2.05, 4.69) is 43.2 Å². The van der Waals surface area contributed by atoms with Gasteiger partial charge in [0, 0.05) is 33.7 Å². The normalized spacial score (nSPS) is 11.2. The minimum Gasteiger partial charge on any atom is -0.339 e. The predicted octanol–water partition coefficient (Wildman–Crippen LogP) is 7.42. The maximum Gasteiger partial charge on any atom is 0.416 e. The van der Waals surface area contributed by atoms with Crippen molar-refractivity contribution in [3.05, 3.63) is 99.0 Å². The van der Waals surface area contributed by atoms with Crippen LogP contribution in [0.2, 0.25) is 5.02 Å². The quantitative estimate of drug-likeness (QED) is 0.236. The number of nitrogens with zero attached hydrogens (tertiary/aromatic N) is 2. The van der Waals surface area contributed by atoms with Crippen LogP contribution in [0.15, 0.2) is 79.3 Å². The Morgan fingerprint density at radius 3 is 2.50 bits per heavy atom. The zero-order valence-corrected chi connectivity index (χ0v) is 20.1. The average molecular weight is 595 g/mol. The molecule has 0 spiro atoms. The molecule has 34 heavy (non-hydrogen) atoms. The molecule has 3 aromatic carbocycles. The van der Waals surface area contributed by atoms with Crippen molar-refractivity contribution < 1.29 is 18.0 Å². The monoisotopic (exact) mass is 594 g/mol. The van der Waals surface area contributed by atoms with Crippen LogP contribution in [-0.4, -0.2) is 15.9 Å². The first-order valence-electron chi connectivity index (χ1n) is 9.82. The van der Waals surface area contributed by atoms with Crippen LogP contribution in [0.3, 0.4) is 0 Å². The molecule has 0 fully saturated rings. The van der Waals surface area contributed by atoms with Gasteiger partial charge in [-0.05, 0) is 76.7 Å². The number of alkyl halides is 3. The van der Waals surface area contributed by atoms with Crippen LogP contribution in [0.25, 0.3) is 11.1 Å². The van der Waals surface area contributed by atoms with E-state index in [4.69, 9.17) is 11.6 Å². The summed E-state index contributed by atoms with van der Waals surface area (Å²) in [5.74, 6) is 0.0927. The van der Waals surface area contributed by atoms with Gasteiger partial charge in [0.25, 0.3) is 5.91 Å². The summed E-state index contributed by atoms with van der Waals surface area (Å²) in [5.41, 5.74) is 1.54. The lowest BCUT2D eigenvalue weighted by Crippen LogP contribution is -2.13. The van der Waals surface area contributed by atoms with Crippen molar-refractivity contribution in [1.82, 2.24) is 9.97 Å². The maximum absolute atomic E-state index is 13.0. The van der Waals surface area contributed by atoms with E-state index in [1.807, 2.05) is 24.3 Å². The lowest BCUT2D eigenvalue weighted by atomic mass is 10.0. The fourth-order valence-electron chi connectivity index (χ4n) is 3.17. The molecule has 0 saturated heterocycles. The topological polar surface area (TPSA) is 66.9 Å². The van der Waals surface area contributed by atoms with Crippen LogP contribution in [0.1, 0.15) is 15.9 Å². The number of anilines is 3. The second-order valence-corrected chi connectivity index (χ2v) is 8.72. The number of halogens is 5. The maximum atomic E-state index is 13.0. The number of nitrogens with one attached hydrogen (secondary N) is 2. The highest BCUT2D eigenvalue weighted by Gasteiger charge is 2.30. The number of aromatic nitrogens is 2. The lowest BCUT2D eigenvalue weighted by Gasteiger charge is -2.12.